The zero-order chi connectivity index (χ0) is 10.2. The maximum Gasteiger partial charge on any atom is 0.365 e. The molecule has 12 heavy (non-hydrogen) atoms. The van der Waals surface area contributed by atoms with Crippen molar-refractivity contribution in [3.8, 4) is 0 Å². The van der Waals surface area contributed by atoms with Gasteiger partial charge in [0, 0.05) is 6.92 Å². The van der Waals surface area contributed by atoms with Gasteiger partial charge in [0.05, 0.1) is 0 Å². The molecule has 0 radical (unpaired) electrons. The minimum atomic E-state index is -5.45. The van der Waals surface area contributed by atoms with E-state index in [1.165, 1.54) is 0 Å². The minimum Gasteiger partial charge on any atom is -0.200 e. The first-order valence-corrected chi connectivity index (χ1v) is 2.57. The second-order valence-electron chi connectivity index (χ2n) is 2.04. The van der Waals surface area contributed by atoms with E-state index in [9.17, 15) is 30.7 Å². The summed E-state index contributed by atoms with van der Waals surface area (Å²) in [5.74, 6) is -13.7. The first-order chi connectivity index (χ1) is 5.10. The van der Waals surface area contributed by atoms with Crippen LogP contribution in [0.3, 0.4) is 0 Å². The third kappa shape index (κ3) is 1.89. The second-order valence-corrected chi connectivity index (χ2v) is 2.04. The Balaban J connectivity index is 5.01. The molecule has 0 unspecified atom stereocenters. The van der Waals surface area contributed by atoms with E-state index < -0.39 is 23.8 Å². The van der Waals surface area contributed by atoms with E-state index in [-0.39, 0.29) is 6.92 Å². The molecule has 0 heterocycles. The van der Waals surface area contributed by atoms with E-state index in [1.54, 1.807) is 0 Å². The van der Waals surface area contributed by atoms with Crippen molar-refractivity contribution in [2.75, 3.05) is 0 Å². The van der Waals surface area contributed by atoms with Crippen molar-refractivity contribution in [2.45, 2.75) is 18.8 Å². The van der Waals surface area contributed by atoms with E-state index in [2.05, 4.69) is 0 Å². The summed E-state index contributed by atoms with van der Waals surface area (Å²) in [5, 5.41) is 0. The van der Waals surface area contributed by atoms with Crippen LogP contribution in [0.5, 0.6) is 0 Å². The van der Waals surface area contributed by atoms with Crippen molar-refractivity contribution in [1.29, 1.82) is 0 Å². The van der Waals surface area contributed by atoms with Crippen LogP contribution >= 0.6 is 0 Å². The lowest BCUT2D eigenvalue weighted by atomic mass is 10.2. The van der Waals surface area contributed by atoms with Gasteiger partial charge in [0.25, 0.3) is 0 Å². The minimum absolute atomic E-state index is 0.352. The van der Waals surface area contributed by atoms with Crippen molar-refractivity contribution < 1.29 is 30.7 Å². The van der Waals surface area contributed by atoms with Gasteiger partial charge >= 0.3 is 17.9 Å². The summed E-state index contributed by atoms with van der Waals surface area (Å²) in [4.78, 5) is 0. The molecule has 0 spiro atoms. The Kier molecular flexibility index (Phi) is 2.76. The highest BCUT2D eigenvalue weighted by Gasteiger charge is 2.58. The van der Waals surface area contributed by atoms with Gasteiger partial charge in [0.2, 0.25) is 5.83 Å². The van der Waals surface area contributed by atoms with Crippen LogP contribution < -0.4 is 0 Å². The normalized spacial score (nSPS) is 13.0. The van der Waals surface area contributed by atoms with Crippen molar-refractivity contribution in [3.63, 3.8) is 0 Å². The maximum atomic E-state index is 11.9. The fourth-order valence-electron chi connectivity index (χ4n) is 0.311. The molecule has 0 saturated carbocycles. The molecular weight excluding hydrogens is 193 g/mol. The third-order valence-corrected chi connectivity index (χ3v) is 0.993. The predicted molar refractivity (Wildman–Crippen MR) is 25.9 cm³/mol. The molecule has 0 rings (SSSR count). The van der Waals surface area contributed by atoms with Crippen molar-refractivity contribution in [3.05, 3.63) is 11.9 Å². The molecule has 0 bridgehead atoms. The standard InChI is InChI=1S/C5H3F7/c1-4(9,10)5(11,12)2(6)3(7)8/h1H3. The first-order valence-electron chi connectivity index (χ1n) is 2.57. The van der Waals surface area contributed by atoms with E-state index in [4.69, 9.17) is 0 Å². The van der Waals surface area contributed by atoms with Crippen LogP contribution in [-0.4, -0.2) is 11.8 Å². The van der Waals surface area contributed by atoms with Gasteiger partial charge < -0.3 is 0 Å². The monoisotopic (exact) mass is 196 g/mol. The molecule has 72 valence electrons. The Morgan fingerprint density at radius 2 is 1.25 bits per heavy atom. The first kappa shape index (κ1) is 11.2. The lowest BCUT2D eigenvalue weighted by Gasteiger charge is -2.20. The lowest BCUT2D eigenvalue weighted by Crippen LogP contribution is -2.38. The number of allylic oxidation sites excluding steroid dienone is 1. The van der Waals surface area contributed by atoms with Crippen LogP contribution in [-0.2, 0) is 0 Å². The Hall–Kier alpha value is -0.750. The lowest BCUT2D eigenvalue weighted by molar-refractivity contribution is -0.185. The largest absolute Gasteiger partial charge is 0.365 e. The summed E-state index contributed by atoms with van der Waals surface area (Å²) in [7, 11) is 0. The molecule has 0 N–H and O–H groups in total. The van der Waals surface area contributed by atoms with E-state index in [0.29, 0.717) is 0 Å². The van der Waals surface area contributed by atoms with Gasteiger partial charge in [-0.1, -0.05) is 0 Å². The van der Waals surface area contributed by atoms with Crippen LogP contribution in [0.15, 0.2) is 11.9 Å². The zero-order valence-corrected chi connectivity index (χ0v) is 5.65. The van der Waals surface area contributed by atoms with Gasteiger partial charge in [-0.05, 0) is 0 Å². The number of hydrogen-bond acceptors (Lipinski definition) is 0. The molecule has 0 aliphatic carbocycles. The SMILES string of the molecule is CC(F)(F)C(F)(F)C(F)=C(F)F. The summed E-state index contributed by atoms with van der Waals surface area (Å²) in [6.45, 7) is -0.352. The van der Waals surface area contributed by atoms with Crippen LogP contribution in [0.2, 0.25) is 0 Å². The van der Waals surface area contributed by atoms with Crippen LogP contribution in [0.25, 0.3) is 0 Å². The Morgan fingerprint density at radius 1 is 0.917 bits per heavy atom. The summed E-state index contributed by atoms with van der Waals surface area (Å²) >= 11 is 0. The molecule has 0 aromatic carbocycles. The van der Waals surface area contributed by atoms with Crippen molar-refractivity contribution in [2.24, 2.45) is 0 Å². The molecule has 0 amide bonds. The Labute approximate surface area is 62.7 Å². The molecule has 0 aromatic heterocycles. The number of hydrogen-bond donors (Lipinski definition) is 0. The molecule has 0 atom stereocenters. The highest BCUT2D eigenvalue weighted by atomic mass is 19.3. The number of alkyl halides is 4. The molecule has 0 aliphatic heterocycles. The van der Waals surface area contributed by atoms with Crippen molar-refractivity contribution >= 4 is 0 Å². The summed E-state index contributed by atoms with van der Waals surface area (Å²) in [6, 6.07) is 0. The van der Waals surface area contributed by atoms with Gasteiger partial charge in [-0.15, -0.1) is 0 Å². The summed E-state index contributed by atoms with van der Waals surface area (Å²) in [5.41, 5.74) is 0. The third-order valence-electron chi connectivity index (χ3n) is 0.993. The average molecular weight is 196 g/mol. The Morgan fingerprint density at radius 3 is 1.33 bits per heavy atom. The fourth-order valence-corrected chi connectivity index (χ4v) is 0.311. The zero-order valence-electron chi connectivity index (χ0n) is 5.65. The average Bonchev–Trinajstić information content (AvgIpc) is 1.83. The molecule has 0 aliphatic rings. The van der Waals surface area contributed by atoms with Crippen molar-refractivity contribution in [1.82, 2.24) is 0 Å². The molecule has 7 heteroatoms. The topological polar surface area (TPSA) is 0 Å². The highest BCUT2D eigenvalue weighted by molar-refractivity contribution is 5.09. The molecule has 0 aromatic rings. The maximum absolute atomic E-state index is 11.9. The van der Waals surface area contributed by atoms with E-state index in [0.717, 1.165) is 0 Å². The number of halogens is 7. The summed E-state index contributed by atoms with van der Waals surface area (Å²) in [6.07, 6.45) is -3.44. The number of rotatable bonds is 2. The molecule has 0 nitrogen and oxygen atoms in total. The quantitative estimate of drug-likeness (QED) is 0.594. The molecule has 0 fully saturated rings. The smallest absolute Gasteiger partial charge is 0.200 e. The van der Waals surface area contributed by atoms with Crippen LogP contribution in [0.1, 0.15) is 6.92 Å². The molecular formula is C5H3F7. The second kappa shape index (κ2) is 2.95. The van der Waals surface area contributed by atoms with E-state index >= 15 is 0 Å². The van der Waals surface area contributed by atoms with Gasteiger partial charge in [-0.25, -0.2) is 0 Å². The van der Waals surface area contributed by atoms with Gasteiger partial charge in [-0.3, -0.25) is 0 Å². The van der Waals surface area contributed by atoms with Gasteiger partial charge in [-0.2, -0.15) is 30.7 Å². The van der Waals surface area contributed by atoms with Gasteiger partial charge in [0.1, 0.15) is 0 Å². The summed E-state index contributed by atoms with van der Waals surface area (Å²) < 4.78 is 81.3. The van der Waals surface area contributed by atoms with E-state index in [1.807, 2.05) is 0 Å². The molecule has 0 saturated heterocycles. The van der Waals surface area contributed by atoms with Crippen LogP contribution in [0, 0.1) is 0 Å². The predicted octanol–water partition coefficient (Wildman–Crippen LogP) is 3.35. The van der Waals surface area contributed by atoms with Gasteiger partial charge in [0.15, 0.2) is 0 Å². The van der Waals surface area contributed by atoms with Crippen LogP contribution in [0.4, 0.5) is 30.7 Å². The Bertz CT molecular complexity index is 194. The highest BCUT2D eigenvalue weighted by Crippen LogP contribution is 2.41. The fraction of sp³-hybridized carbons (Fsp3) is 0.600.